The van der Waals surface area contributed by atoms with Crippen molar-refractivity contribution < 1.29 is 9.59 Å². The molecule has 0 spiro atoms. The Balaban J connectivity index is 2.33. The van der Waals surface area contributed by atoms with Crippen molar-refractivity contribution in [3.05, 3.63) is 0 Å². The number of aliphatic imine (C=N–C) groups is 1. The Morgan fingerprint density at radius 3 is 2.76 bits per heavy atom. The molecule has 0 radical (unpaired) electrons. The first-order valence-electron chi connectivity index (χ1n) is 6.85. The molecule has 0 aromatic heterocycles. The molecule has 7 nitrogen and oxygen atoms in total. The quantitative estimate of drug-likeness (QED) is 0.363. The maximum atomic E-state index is 12.1. The molecule has 1 aliphatic rings. The van der Waals surface area contributed by atoms with E-state index in [1.165, 1.54) is 4.90 Å². The summed E-state index contributed by atoms with van der Waals surface area (Å²) in [6.07, 6.45) is 6.78. The molecule has 2 amide bonds. The molecule has 0 aliphatic carbocycles. The average Bonchev–Trinajstić information content (AvgIpc) is 3.19. The Bertz CT molecular complexity index is 460. The summed E-state index contributed by atoms with van der Waals surface area (Å²) in [7, 11) is 0. The molecular formula is C14H21N5O2. The first-order valence-corrected chi connectivity index (χ1v) is 6.85. The standard InChI is InChI=1S/C14H21N5O2/c1-4-10-19(11-12(20)16-9-5-8-15-3)13(21)6-7-14(2)17-18-14/h1H,3,5-11H2,2H3,(H,16,20). The first kappa shape index (κ1) is 16.8. The van der Waals surface area contributed by atoms with Crippen molar-refractivity contribution >= 4 is 18.5 Å². The molecule has 1 heterocycles. The summed E-state index contributed by atoms with van der Waals surface area (Å²) in [6.45, 7) is 6.41. The third-order valence-electron chi connectivity index (χ3n) is 3.04. The largest absolute Gasteiger partial charge is 0.354 e. The van der Waals surface area contributed by atoms with Crippen LogP contribution in [0, 0.1) is 12.3 Å². The van der Waals surface area contributed by atoms with E-state index in [1.54, 1.807) is 0 Å². The highest BCUT2D eigenvalue weighted by atomic mass is 16.2. The van der Waals surface area contributed by atoms with Crippen LogP contribution in [0.25, 0.3) is 0 Å². The molecule has 0 aromatic rings. The number of nitrogens with zero attached hydrogens (tertiary/aromatic N) is 4. The van der Waals surface area contributed by atoms with Gasteiger partial charge in [-0.1, -0.05) is 5.92 Å². The lowest BCUT2D eigenvalue weighted by Gasteiger charge is -2.20. The number of carbonyl (C=O) groups excluding carboxylic acids is 2. The zero-order valence-electron chi connectivity index (χ0n) is 12.3. The second-order valence-corrected chi connectivity index (χ2v) is 5.02. The summed E-state index contributed by atoms with van der Waals surface area (Å²) in [5.74, 6) is 2.01. The summed E-state index contributed by atoms with van der Waals surface area (Å²) >= 11 is 0. The van der Waals surface area contributed by atoms with Crippen molar-refractivity contribution in [3.8, 4) is 12.3 Å². The lowest BCUT2D eigenvalue weighted by Crippen LogP contribution is -2.41. The SMILES string of the molecule is C#CCN(CC(=O)NCCCN=C)C(=O)CCC1(C)N=N1. The van der Waals surface area contributed by atoms with E-state index in [1.807, 2.05) is 6.92 Å². The summed E-state index contributed by atoms with van der Waals surface area (Å²) < 4.78 is 0. The van der Waals surface area contributed by atoms with Gasteiger partial charge in [0.05, 0.1) is 6.54 Å². The van der Waals surface area contributed by atoms with Crippen LogP contribution in [-0.4, -0.2) is 55.3 Å². The van der Waals surface area contributed by atoms with Gasteiger partial charge in [0.1, 0.15) is 6.54 Å². The van der Waals surface area contributed by atoms with Crippen LogP contribution in [0.15, 0.2) is 15.2 Å². The maximum absolute atomic E-state index is 12.1. The van der Waals surface area contributed by atoms with Crippen LogP contribution >= 0.6 is 0 Å². The van der Waals surface area contributed by atoms with E-state index < -0.39 is 5.66 Å². The van der Waals surface area contributed by atoms with Crippen LogP contribution in [0.2, 0.25) is 0 Å². The number of carbonyl (C=O) groups is 2. The highest BCUT2D eigenvalue weighted by Gasteiger charge is 2.34. The van der Waals surface area contributed by atoms with E-state index in [4.69, 9.17) is 6.42 Å². The van der Waals surface area contributed by atoms with E-state index >= 15 is 0 Å². The highest BCUT2D eigenvalue weighted by Crippen LogP contribution is 2.32. The third kappa shape index (κ3) is 6.65. The number of terminal acetylenes is 1. The number of hydrogen-bond acceptors (Lipinski definition) is 5. The highest BCUT2D eigenvalue weighted by molar-refractivity contribution is 5.85. The van der Waals surface area contributed by atoms with Gasteiger partial charge in [0.2, 0.25) is 11.8 Å². The van der Waals surface area contributed by atoms with E-state index in [-0.39, 0.29) is 31.3 Å². The van der Waals surface area contributed by atoms with Crippen molar-refractivity contribution in [1.82, 2.24) is 10.2 Å². The summed E-state index contributed by atoms with van der Waals surface area (Å²) in [5, 5.41) is 10.4. The number of rotatable bonds is 10. The zero-order valence-corrected chi connectivity index (χ0v) is 12.3. The van der Waals surface area contributed by atoms with Crippen molar-refractivity contribution in [2.75, 3.05) is 26.2 Å². The number of hydrogen-bond donors (Lipinski definition) is 1. The molecule has 0 saturated carbocycles. The predicted molar refractivity (Wildman–Crippen MR) is 80.0 cm³/mol. The van der Waals surface area contributed by atoms with Gasteiger partial charge in [0.25, 0.3) is 0 Å². The Labute approximate surface area is 124 Å². The molecule has 0 bridgehead atoms. The topological polar surface area (TPSA) is 86.5 Å². The van der Waals surface area contributed by atoms with E-state index in [2.05, 4.69) is 33.2 Å². The minimum absolute atomic E-state index is 0.0322. The van der Waals surface area contributed by atoms with Crippen molar-refractivity contribution in [2.45, 2.75) is 31.8 Å². The van der Waals surface area contributed by atoms with Gasteiger partial charge < -0.3 is 15.2 Å². The van der Waals surface area contributed by atoms with Gasteiger partial charge in [-0.05, 0) is 20.1 Å². The minimum Gasteiger partial charge on any atom is -0.354 e. The normalized spacial score (nSPS) is 14.1. The average molecular weight is 291 g/mol. The molecular weight excluding hydrogens is 270 g/mol. The molecule has 1 aliphatic heterocycles. The predicted octanol–water partition coefficient (Wildman–Crippen LogP) is 0.617. The van der Waals surface area contributed by atoms with Gasteiger partial charge >= 0.3 is 0 Å². The third-order valence-corrected chi connectivity index (χ3v) is 3.04. The molecule has 21 heavy (non-hydrogen) atoms. The van der Waals surface area contributed by atoms with Gasteiger partial charge in [-0.25, -0.2) is 0 Å². The first-order chi connectivity index (χ1) is 10.0. The van der Waals surface area contributed by atoms with Gasteiger partial charge in [-0.3, -0.25) is 9.59 Å². The fourth-order valence-corrected chi connectivity index (χ4v) is 1.68. The second kappa shape index (κ2) is 8.15. The molecule has 1 rings (SSSR count). The maximum Gasteiger partial charge on any atom is 0.239 e. The molecule has 114 valence electrons. The van der Waals surface area contributed by atoms with Crippen LogP contribution in [0.5, 0.6) is 0 Å². The fourth-order valence-electron chi connectivity index (χ4n) is 1.68. The van der Waals surface area contributed by atoms with E-state index in [0.29, 0.717) is 19.5 Å². The Kier molecular flexibility index (Phi) is 6.53. The summed E-state index contributed by atoms with van der Waals surface area (Å²) in [6, 6.07) is 0. The second-order valence-electron chi connectivity index (χ2n) is 5.02. The van der Waals surface area contributed by atoms with Crippen LogP contribution in [-0.2, 0) is 9.59 Å². The zero-order chi connectivity index (χ0) is 15.7. The summed E-state index contributed by atoms with van der Waals surface area (Å²) in [5.41, 5.74) is -0.419. The Morgan fingerprint density at radius 2 is 2.19 bits per heavy atom. The molecule has 0 fully saturated rings. The van der Waals surface area contributed by atoms with Gasteiger partial charge in [-0.2, -0.15) is 10.2 Å². The fraction of sp³-hybridized carbons (Fsp3) is 0.643. The lowest BCUT2D eigenvalue weighted by molar-refractivity contribution is -0.135. The number of nitrogens with one attached hydrogen (secondary N) is 1. The molecule has 0 saturated heterocycles. The molecule has 1 N–H and O–H groups in total. The van der Waals surface area contributed by atoms with Crippen LogP contribution in [0.1, 0.15) is 26.2 Å². The van der Waals surface area contributed by atoms with Crippen LogP contribution in [0.4, 0.5) is 0 Å². The van der Waals surface area contributed by atoms with E-state index in [0.717, 1.165) is 6.42 Å². The molecule has 0 unspecified atom stereocenters. The van der Waals surface area contributed by atoms with Gasteiger partial charge in [-0.15, -0.1) is 6.42 Å². The van der Waals surface area contributed by atoms with Crippen LogP contribution < -0.4 is 5.32 Å². The van der Waals surface area contributed by atoms with Crippen molar-refractivity contribution in [2.24, 2.45) is 15.2 Å². The molecule has 0 atom stereocenters. The summed E-state index contributed by atoms with van der Waals surface area (Å²) in [4.78, 5) is 28.9. The Morgan fingerprint density at radius 1 is 1.48 bits per heavy atom. The number of amides is 2. The van der Waals surface area contributed by atoms with Gasteiger partial charge in [0, 0.05) is 25.9 Å². The molecule has 0 aromatic carbocycles. The Hall–Kier alpha value is -2.23. The smallest absolute Gasteiger partial charge is 0.239 e. The van der Waals surface area contributed by atoms with E-state index in [9.17, 15) is 9.59 Å². The molecule has 7 heteroatoms. The lowest BCUT2D eigenvalue weighted by atomic mass is 10.1. The van der Waals surface area contributed by atoms with Crippen LogP contribution in [0.3, 0.4) is 0 Å². The monoisotopic (exact) mass is 291 g/mol. The van der Waals surface area contributed by atoms with Crippen molar-refractivity contribution in [3.63, 3.8) is 0 Å². The van der Waals surface area contributed by atoms with Gasteiger partial charge in [0.15, 0.2) is 5.66 Å². The minimum atomic E-state index is -0.419. The van der Waals surface area contributed by atoms with Crippen molar-refractivity contribution in [1.29, 1.82) is 0 Å².